The molecular weight excluding hydrogens is 330 g/mol. The summed E-state index contributed by atoms with van der Waals surface area (Å²) < 4.78 is 4.71. The molecule has 0 saturated heterocycles. The minimum atomic E-state index is -0.404. The number of aliphatic hydroxyl groups excluding tert-OH is 1. The zero-order valence-electron chi connectivity index (χ0n) is 15.1. The Morgan fingerprint density at radius 2 is 2.12 bits per heavy atom. The first-order valence-corrected chi connectivity index (χ1v) is 9.01. The fourth-order valence-corrected chi connectivity index (χ4v) is 3.80. The van der Waals surface area contributed by atoms with Crippen LogP contribution >= 0.6 is 0 Å². The van der Waals surface area contributed by atoms with Gasteiger partial charge in [0, 0.05) is 11.3 Å². The number of benzene rings is 1. The first kappa shape index (κ1) is 16.8. The molecule has 0 aromatic heterocycles. The molecule has 0 radical (unpaired) electrons. The Balaban J connectivity index is 1.61. The molecule has 0 fully saturated rings. The van der Waals surface area contributed by atoms with Crippen LogP contribution in [-0.4, -0.2) is 28.9 Å². The van der Waals surface area contributed by atoms with Crippen LogP contribution in [0.1, 0.15) is 48.9 Å². The number of carbonyl (C=O) groups excluding carboxylic acids is 1. The third-order valence-electron chi connectivity index (χ3n) is 5.29. The lowest BCUT2D eigenvalue weighted by Crippen LogP contribution is -2.36. The lowest BCUT2D eigenvalue weighted by Gasteiger charge is -2.27. The molecule has 136 valence electrons. The molecule has 1 aliphatic carbocycles. The summed E-state index contributed by atoms with van der Waals surface area (Å²) in [7, 11) is 1.33. The van der Waals surface area contributed by atoms with Crippen LogP contribution in [0.3, 0.4) is 0 Å². The molecule has 0 spiro atoms. The van der Waals surface area contributed by atoms with Gasteiger partial charge in [0.2, 0.25) is 5.88 Å². The second-order valence-corrected chi connectivity index (χ2v) is 6.95. The molecule has 2 N–H and O–H groups in total. The number of carbonyl (C=O) groups is 1. The first-order valence-electron chi connectivity index (χ1n) is 9.01. The number of hydrogen-bond acceptors (Lipinski definition) is 6. The summed E-state index contributed by atoms with van der Waals surface area (Å²) in [6.07, 6.45) is 6.78. The van der Waals surface area contributed by atoms with E-state index in [1.54, 1.807) is 11.9 Å². The Morgan fingerprint density at radius 3 is 2.88 bits per heavy atom. The summed E-state index contributed by atoms with van der Waals surface area (Å²) in [4.78, 5) is 16.2. The van der Waals surface area contributed by atoms with E-state index in [4.69, 9.17) is 4.74 Å². The highest BCUT2D eigenvalue weighted by molar-refractivity contribution is 6.03. The van der Waals surface area contributed by atoms with Crippen molar-refractivity contribution in [2.45, 2.75) is 45.1 Å². The van der Waals surface area contributed by atoms with E-state index >= 15 is 0 Å². The van der Waals surface area contributed by atoms with E-state index in [0.717, 1.165) is 18.4 Å². The summed E-state index contributed by atoms with van der Waals surface area (Å²) in [6.45, 7) is 1.79. The summed E-state index contributed by atoms with van der Waals surface area (Å²) in [5.74, 6) is 0.255. The minimum Gasteiger partial charge on any atom is -0.493 e. The number of nitrogens with zero attached hydrogens (tertiary/aromatic N) is 2. The van der Waals surface area contributed by atoms with Crippen molar-refractivity contribution in [3.05, 3.63) is 58.2 Å². The molecule has 6 heteroatoms. The molecule has 2 heterocycles. The Bertz CT molecular complexity index is 854. The third-order valence-corrected chi connectivity index (χ3v) is 5.29. The van der Waals surface area contributed by atoms with Gasteiger partial charge in [-0.1, -0.05) is 18.2 Å². The van der Waals surface area contributed by atoms with Crippen molar-refractivity contribution < 1.29 is 14.6 Å². The van der Waals surface area contributed by atoms with E-state index in [0.29, 0.717) is 17.1 Å². The average molecular weight is 353 g/mol. The smallest absolute Gasteiger partial charge is 0.310 e. The van der Waals surface area contributed by atoms with Crippen LogP contribution in [0, 0.1) is 0 Å². The molecule has 1 unspecified atom stereocenters. The quantitative estimate of drug-likeness (QED) is 0.817. The number of fused-ring (bicyclic) bond motifs is 2. The molecule has 1 aromatic rings. The molecule has 0 amide bonds. The molecule has 2 aliphatic heterocycles. The number of hydrazine groups is 1. The number of nitrogens with one attached hydrogen (secondary N) is 1. The monoisotopic (exact) mass is 353 g/mol. The SMILES string of the molecule is COC(=O)CC1=C(O)N2NC(c3ccc4c(c3)CCCC4)C=C2N=C1C. The van der Waals surface area contributed by atoms with Gasteiger partial charge in [0.1, 0.15) is 5.82 Å². The fourth-order valence-electron chi connectivity index (χ4n) is 3.80. The molecule has 0 bridgehead atoms. The molecule has 26 heavy (non-hydrogen) atoms. The van der Waals surface area contributed by atoms with Gasteiger partial charge in [-0.2, -0.15) is 0 Å². The minimum absolute atomic E-state index is 0.00730. The predicted octanol–water partition coefficient (Wildman–Crippen LogP) is 3.08. The number of rotatable bonds is 3. The lowest BCUT2D eigenvalue weighted by atomic mass is 9.89. The number of hydrogen-bond donors (Lipinski definition) is 2. The Morgan fingerprint density at radius 1 is 1.35 bits per heavy atom. The first-order chi connectivity index (χ1) is 12.6. The van der Waals surface area contributed by atoms with Gasteiger partial charge in [0.25, 0.3) is 0 Å². The number of aliphatic imine (C=N–C) groups is 1. The normalized spacial score (nSPS) is 21.8. The summed E-state index contributed by atoms with van der Waals surface area (Å²) in [5.41, 5.74) is 8.41. The maximum Gasteiger partial charge on any atom is 0.310 e. The number of ether oxygens (including phenoxy) is 1. The van der Waals surface area contributed by atoms with E-state index in [-0.39, 0.29) is 18.3 Å². The van der Waals surface area contributed by atoms with Crippen LogP contribution in [-0.2, 0) is 22.4 Å². The lowest BCUT2D eigenvalue weighted by molar-refractivity contribution is -0.139. The topological polar surface area (TPSA) is 74.2 Å². The standard InChI is InChI=1S/C20H23N3O3/c1-12-16(10-19(24)26-2)20(25)23-18(21-12)11-17(22-23)15-8-7-13-5-3-4-6-14(13)9-15/h7-9,11,17,22,25H,3-6,10H2,1-2H3. The molecule has 1 aromatic carbocycles. The Hall–Kier alpha value is -2.60. The molecule has 0 saturated carbocycles. The maximum absolute atomic E-state index is 11.6. The van der Waals surface area contributed by atoms with Gasteiger partial charge in [0.15, 0.2) is 0 Å². The van der Waals surface area contributed by atoms with Gasteiger partial charge < -0.3 is 9.84 Å². The van der Waals surface area contributed by atoms with E-state index < -0.39 is 5.97 Å². The molecule has 1 atom stereocenters. The van der Waals surface area contributed by atoms with Crippen LogP contribution in [0.2, 0.25) is 0 Å². The highest BCUT2D eigenvalue weighted by Crippen LogP contribution is 2.34. The van der Waals surface area contributed by atoms with Crippen molar-refractivity contribution >= 4 is 11.7 Å². The van der Waals surface area contributed by atoms with E-state index in [9.17, 15) is 9.90 Å². The Labute approximate surface area is 152 Å². The van der Waals surface area contributed by atoms with E-state index in [1.165, 1.54) is 31.1 Å². The van der Waals surface area contributed by atoms with Crippen LogP contribution in [0.5, 0.6) is 0 Å². The highest BCUT2D eigenvalue weighted by Gasteiger charge is 2.33. The van der Waals surface area contributed by atoms with E-state index in [1.807, 2.05) is 6.08 Å². The van der Waals surface area contributed by atoms with Crippen molar-refractivity contribution in [1.82, 2.24) is 10.4 Å². The zero-order valence-corrected chi connectivity index (χ0v) is 15.1. The highest BCUT2D eigenvalue weighted by atomic mass is 16.5. The van der Waals surface area contributed by atoms with Crippen molar-refractivity contribution in [1.29, 1.82) is 0 Å². The second-order valence-electron chi connectivity index (χ2n) is 6.95. The molecule has 3 aliphatic rings. The number of esters is 1. The maximum atomic E-state index is 11.6. The van der Waals surface area contributed by atoms with Gasteiger partial charge in [-0.05, 0) is 55.4 Å². The van der Waals surface area contributed by atoms with Crippen molar-refractivity contribution in [3.63, 3.8) is 0 Å². The van der Waals surface area contributed by atoms with E-state index in [2.05, 4.69) is 28.6 Å². The number of aliphatic hydroxyl groups is 1. The van der Waals surface area contributed by atoms with Crippen LogP contribution in [0.4, 0.5) is 0 Å². The summed E-state index contributed by atoms with van der Waals surface area (Å²) in [5, 5.41) is 12.2. The number of methoxy groups -OCH3 is 1. The van der Waals surface area contributed by atoms with Crippen LogP contribution in [0.15, 0.2) is 46.5 Å². The van der Waals surface area contributed by atoms with Crippen molar-refractivity contribution in [2.24, 2.45) is 4.99 Å². The third kappa shape index (κ3) is 2.90. The van der Waals surface area contributed by atoms with Crippen LogP contribution in [0.25, 0.3) is 0 Å². The van der Waals surface area contributed by atoms with Gasteiger partial charge >= 0.3 is 5.97 Å². The van der Waals surface area contributed by atoms with Crippen molar-refractivity contribution in [2.75, 3.05) is 7.11 Å². The second kappa shape index (κ2) is 6.61. The molecule has 4 rings (SSSR count). The largest absolute Gasteiger partial charge is 0.493 e. The van der Waals surface area contributed by atoms with Crippen molar-refractivity contribution in [3.8, 4) is 0 Å². The number of aryl methyl sites for hydroxylation is 2. The van der Waals surface area contributed by atoms with Crippen LogP contribution < -0.4 is 5.43 Å². The fraction of sp³-hybridized carbons (Fsp3) is 0.400. The van der Waals surface area contributed by atoms with Gasteiger partial charge in [-0.25, -0.2) is 15.4 Å². The average Bonchev–Trinajstić information content (AvgIpc) is 3.08. The molecule has 6 nitrogen and oxygen atoms in total. The molecular formula is C20H23N3O3. The summed E-state index contributed by atoms with van der Waals surface area (Å²) in [6, 6.07) is 6.56. The Kier molecular flexibility index (Phi) is 4.28. The predicted molar refractivity (Wildman–Crippen MR) is 98.3 cm³/mol. The van der Waals surface area contributed by atoms with Gasteiger partial charge in [0.05, 0.1) is 19.6 Å². The van der Waals surface area contributed by atoms with Gasteiger partial charge in [-0.15, -0.1) is 0 Å². The van der Waals surface area contributed by atoms with Gasteiger partial charge in [-0.3, -0.25) is 4.79 Å². The zero-order chi connectivity index (χ0) is 18.3. The summed E-state index contributed by atoms with van der Waals surface area (Å²) >= 11 is 0.